The number of aromatic nitrogens is 2. The molecular weight excluding hydrogens is 278 g/mol. The zero-order chi connectivity index (χ0) is 15.9. The Hall–Kier alpha value is -2.56. The number of hydrogen-bond donors (Lipinski definition) is 0. The average molecular weight is 297 g/mol. The maximum Gasteiger partial charge on any atom is 0.257 e. The summed E-state index contributed by atoms with van der Waals surface area (Å²) in [4.78, 5) is 14.0. The van der Waals surface area contributed by atoms with Gasteiger partial charge in [-0.3, -0.25) is 9.48 Å². The van der Waals surface area contributed by atoms with Crippen LogP contribution in [-0.2, 0) is 13.6 Å². The van der Waals surface area contributed by atoms with E-state index in [1.165, 1.54) is 0 Å². The standard InChI is InChI=1S/C17H19N3O2/c1-11-6-5-7-14-12(2)15(22-16(11)14)10-19(3)17(21)13-8-18-20(4)9-13/h5-9H,10H2,1-4H3. The Morgan fingerprint density at radius 2 is 2.14 bits per heavy atom. The highest BCUT2D eigenvalue weighted by atomic mass is 16.3. The van der Waals surface area contributed by atoms with E-state index in [-0.39, 0.29) is 5.91 Å². The molecule has 114 valence electrons. The smallest absolute Gasteiger partial charge is 0.257 e. The molecule has 1 amide bonds. The van der Waals surface area contributed by atoms with Crippen molar-refractivity contribution in [1.29, 1.82) is 0 Å². The highest BCUT2D eigenvalue weighted by Crippen LogP contribution is 2.28. The third-order valence-electron chi connectivity index (χ3n) is 3.94. The molecule has 0 radical (unpaired) electrons. The third-order valence-corrected chi connectivity index (χ3v) is 3.94. The van der Waals surface area contributed by atoms with Crippen molar-refractivity contribution in [2.24, 2.45) is 7.05 Å². The Morgan fingerprint density at radius 1 is 1.36 bits per heavy atom. The molecule has 0 atom stereocenters. The lowest BCUT2D eigenvalue weighted by Crippen LogP contribution is -2.25. The average Bonchev–Trinajstić information content (AvgIpc) is 3.05. The molecule has 22 heavy (non-hydrogen) atoms. The van der Waals surface area contributed by atoms with E-state index in [4.69, 9.17) is 4.42 Å². The van der Waals surface area contributed by atoms with E-state index in [9.17, 15) is 4.79 Å². The summed E-state index contributed by atoms with van der Waals surface area (Å²) in [5.74, 6) is 0.758. The van der Waals surface area contributed by atoms with Crippen LogP contribution in [0.4, 0.5) is 0 Å². The van der Waals surface area contributed by atoms with E-state index in [1.807, 2.05) is 32.0 Å². The molecule has 0 spiro atoms. The molecule has 0 unspecified atom stereocenters. The number of carbonyl (C=O) groups excluding carboxylic acids is 1. The third kappa shape index (κ3) is 2.39. The molecule has 5 nitrogen and oxygen atoms in total. The monoisotopic (exact) mass is 297 g/mol. The van der Waals surface area contributed by atoms with Gasteiger partial charge < -0.3 is 9.32 Å². The number of carbonyl (C=O) groups is 1. The van der Waals surface area contributed by atoms with Gasteiger partial charge in [-0.2, -0.15) is 5.10 Å². The van der Waals surface area contributed by atoms with Gasteiger partial charge in [-0.25, -0.2) is 0 Å². The lowest BCUT2D eigenvalue weighted by Gasteiger charge is -2.15. The van der Waals surface area contributed by atoms with Crippen LogP contribution in [0.3, 0.4) is 0 Å². The molecule has 5 heteroatoms. The molecular formula is C17H19N3O2. The molecule has 1 aromatic carbocycles. The lowest BCUT2D eigenvalue weighted by molar-refractivity contribution is 0.0776. The van der Waals surface area contributed by atoms with Crippen LogP contribution in [0.2, 0.25) is 0 Å². The first-order chi connectivity index (χ1) is 10.5. The zero-order valence-electron chi connectivity index (χ0n) is 13.3. The molecule has 0 fully saturated rings. The lowest BCUT2D eigenvalue weighted by atomic mass is 10.1. The van der Waals surface area contributed by atoms with Gasteiger partial charge in [-0.1, -0.05) is 18.2 Å². The molecule has 0 aliphatic heterocycles. The van der Waals surface area contributed by atoms with Crippen LogP contribution >= 0.6 is 0 Å². The van der Waals surface area contributed by atoms with E-state index >= 15 is 0 Å². The normalized spacial score (nSPS) is 11.1. The van der Waals surface area contributed by atoms with Gasteiger partial charge in [-0.05, 0) is 19.4 Å². The Labute approximate surface area is 129 Å². The number of nitrogens with zero attached hydrogens (tertiary/aromatic N) is 3. The summed E-state index contributed by atoms with van der Waals surface area (Å²) in [6.07, 6.45) is 3.29. The first-order valence-corrected chi connectivity index (χ1v) is 7.19. The first kappa shape index (κ1) is 14.4. The second kappa shape index (κ2) is 5.33. The van der Waals surface area contributed by atoms with E-state index < -0.39 is 0 Å². The van der Waals surface area contributed by atoms with Crippen LogP contribution < -0.4 is 0 Å². The number of furan rings is 1. The minimum absolute atomic E-state index is 0.0651. The van der Waals surface area contributed by atoms with Gasteiger partial charge in [0.25, 0.3) is 5.91 Å². The van der Waals surface area contributed by atoms with Crippen LogP contribution in [-0.4, -0.2) is 27.6 Å². The molecule has 2 aromatic heterocycles. The SMILES string of the molecule is Cc1c(CN(C)C(=O)c2cnn(C)c2)oc2c(C)cccc12. The second-order valence-electron chi connectivity index (χ2n) is 5.67. The quantitative estimate of drug-likeness (QED) is 0.746. The van der Waals surface area contributed by atoms with E-state index in [1.54, 1.807) is 36.1 Å². The molecule has 0 saturated carbocycles. The largest absolute Gasteiger partial charge is 0.459 e. The number of rotatable bonds is 3. The highest BCUT2D eigenvalue weighted by molar-refractivity contribution is 5.93. The summed E-state index contributed by atoms with van der Waals surface area (Å²) < 4.78 is 7.60. The molecule has 3 rings (SSSR count). The molecule has 2 heterocycles. The van der Waals surface area contributed by atoms with Crippen LogP contribution in [0.1, 0.15) is 27.2 Å². The number of aryl methyl sites for hydroxylation is 3. The van der Waals surface area contributed by atoms with Crippen LogP contribution in [0, 0.1) is 13.8 Å². The van der Waals surface area contributed by atoms with Crippen molar-refractivity contribution in [3.8, 4) is 0 Å². The molecule has 0 aliphatic carbocycles. The van der Waals surface area contributed by atoms with Crippen molar-refractivity contribution in [3.63, 3.8) is 0 Å². The highest BCUT2D eigenvalue weighted by Gasteiger charge is 2.18. The maximum atomic E-state index is 12.4. The molecule has 0 N–H and O–H groups in total. The van der Waals surface area contributed by atoms with Gasteiger partial charge in [0.05, 0.1) is 18.3 Å². The topological polar surface area (TPSA) is 51.3 Å². The van der Waals surface area contributed by atoms with Gasteiger partial charge in [0.1, 0.15) is 11.3 Å². The molecule has 0 saturated heterocycles. The number of para-hydroxylation sites is 1. The minimum atomic E-state index is -0.0651. The molecule has 3 aromatic rings. The van der Waals surface area contributed by atoms with Gasteiger partial charge in [0, 0.05) is 31.2 Å². The Kier molecular flexibility index (Phi) is 3.48. The summed E-state index contributed by atoms with van der Waals surface area (Å²) in [6, 6.07) is 6.10. The minimum Gasteiger partial charge on any atom is -0.459 e. The molecule has 0 bridgehead atoms. The van der Waals surface area contributed by atoms with Crippen LogP contribution in [0.5, 0.6) is 0 Å². The van der Waals surface area contributed by atoms with Gasteiger partial charge >= 0.3 is 0 Å². The Balaban J connectivity index is 1.88. The number of hydrogen-bond acceptors (Lipinski definition) is 3. The fourth-order valence-electron chi connectivity index (χ4n) is 2.62. The first-order valence-electron chi connectivity index (χ1n) is 7.19. The van der Waals surface area contributed by atoms with E-state index in [0.717, 1.165) is 27.9 Å². The van der Waals surface area contributed by atoms with Crippen molar-refractivity contribution in [2.45, 2.75) is 20.4 Å². The summed E-state index contributed by atoms with van der Waals surface area (Å²) in [5, 5.41) is 5.15. The van der Waals surface area contributed by atoms with Crippen molar-refractivity contribution < 1.29 is 9.21 Å². The maximum absolute atomic E-state index is 12.4. The zero-order valence-corrected chi connectivity index (χ0v) is 13.3. The van der Waals surface area contributed by atoms with Crippen molar-refractivity contribution in [3.05, 3.63) is 53.0 Å². The predicted octanol–water partition coefficient (Wildman–Crippen LogP) is 3.06. The fraction of sp³-hybridized carbons (Fsp3) is 0.294. The fourth-order valence-corrected chi connectivity index (χ4v) is 2.62. The second-order valence-corrected chi connectivity index (χ2v) is 5.67. The Morgan fingerprint density at radius 3 is 2.77 bits per heavy atom. The van der Waals surface area contributed by atoms with Crippen molar-refractivity contribution in [2.75, 3.05) is 7.05 Å². The van der Waals surface area contributed by atoms with Crippen LogP contribution in [0.25, 0.3) is 11.0 Å². The summed E-state index contributed by atoms with van der Waals surface area (Å²) >= 11 is 0. The van der Waals surface area contributed by atoms with Crippen molar-refractivity contribution >= 4 is 16.9 Å². The van der Waals surface area contributed by atoms with Gasteiger partial charge in [0.2, 0.25) is 0 Å². The van der Waals surface area contributed by atoms with Gasteiger partial charge in [-0.15, -0.1) is 0 Å². The summed E-state index contributed by atoms with van der Waals surface area (Å²) in [5.41, 5.74) is 3.67. The van der Waals surface area contributed by atoms with E-state index in [2.05, 4.69) is 5.10 Å². The number of fused-ring (bicyclic) bond motifs is 1. The van der Waals surface area contributed by atoms with Crippen molar-refractivity contribution in [1.82, 2.24) is 14.7 Å². The summed E-state index contributed by atoms with van der Waals surface area (Å²) in [6.45, 7) is 4.50. The predicted molar refractivity (Wildman–Crippen MR) is 84.7 cm³/mol. The van der Waals surface area contributed by atoms with E-state index in [0.29, 0.717) is 12.1 Å². The summed E-state index contributed by atoms with van der Waals surface area (Å²) in [7, 11) is 3.57. The number of benzene rings is 1. The van der Waals surface area contributed by atoms with Gasteiger partial charge in [0.15, 0.2) is 0 Å². The molecule has 0 aliphatic rings. The Bertz CT molecular complexity index is 845. The van der Waals surface area contributed by atoms with Crippen LogP contribution in [0.15, 0.2) is 35.0 Å². The number of amides is 1.